The molecule has 278 valence electrons. The number of hydrogen-bond donors (Lipinski definition) is 0. The van der Waals surface area contributed by atoms with Crippen LogP contribution >= 0.6 is 12.4 Å². The fourth-order valence-corrected chi connectivity index (χ4v) is 7.49. The Balaban J connectivity index is 0.0000212. The molecule has 0 fully saturated rings. The smallest absolute Gasteiger partial charge is 0.0239 e. The number of nitrogens with zero attached hydrogens (tertiary/aromatic N) is 1. The highest BCUT2D eigenvalue weighted by Gasteiger charge is 2.20. The monoisotopic (exact) mass is 676 g/mol. The number of benzene rings is 1. The normalized spacial score (nSPS) is 12.8. The zero-order valence-electron chi connectivity index (χ0n) is 32.7. The van der Waals surface area contributed by atoms with Gasteiger partial charge in [-0.05, 0) is 32.3 Å². The maximum absolute atomic E-state index is 2.84. The van der Waals surface area contributed by atoms with Crippen molar-refractivity contribution in [2.24, 2.45) is 0 Å². The molecule has 2 heteroatoms. The van der Waals surface area contributed by atoms with E-state index < -0.39 is 0 Å². The first-order chi connectivity index (χ1) is 22.7. The van der Waals surface area contributed by atoms with Gasteiger partial charge in [0, 0.05) is 18.6 Å². The summed E-state index contributed by atoms with van der Waals surface area (Å²) in [7, 11) is 0. The number of rotatable bonds is 36. The highest BCUT2D eigenvalue weighted by molar-refractivity contribution is 5.85. The van der Waals surface area contributed by atoms with Crippen LogP contribution in [0.5, 0.6) is 0 Å². The molecule has 0 saturated carbocycles. The van der Waals surface area contributed by atoms with Crippen LogP contribution in [-0.2, 0) is 6.54 Å². The van der Waals surface area contributed by atoms with Gasteiger partial charge in [-0.2, -0.15) is 0 Å². The van der Waals surface area contributed by atoms with Crippen molar-refractivity contribution in [3.05, 3.63) is 35.9 Å². The van der Waals surface area contributed by atoms with Gasteiger partial charge in [0.15, 0.2) is 0 Å². The summed E-state index contributed by atoms with van der Waals surface area (Å²) in [5.41, 5.74) is 1.48. The van der Waals surface area contributed by atoms with Crippen LogP contribution in [0.3, 0.4) is 0 Å². The van der Waals surface area contributed by atoms with E-state index in [9.17, 15) is 0 Å². The van der Waals surface area contributed by atoms with Gasteiger partial charge in [0.25, 0.3) is 0 Å². The Labute approximate surface area is 304 Å². The second kappa shape index (κ2) is 36.7. The molecule has 1 aromatic carbocycles. The van der Waals surface area contributed by atoms with Gasteiger partial charge in [-0.1, -0.05) is 237 Å². The molecule has 1 nitrogen and oxygen atoms in total. The molecular weight excluding hydrogens is 590 g/mol. The van der Waals surface area contributed by atoms with E-state index in [1.54, 1.807) is 0 Å². The van der Waals surface area contributed by atoms with Gasteiger partial charge in [-0.25, -0.2) is 0 Å². The lowest BCUT2D eigenvalue weighted by molar-refractivity contribution is 0.126. The van der Waals surface area contributed by atoms with Crippen molar-refractivity contribution in [1.82, 2.24) is 4.90 Å². The molecule has 0 aliphatic rings. The zero-order chi connectivity index (χ0) is 33.2. The Morgan fingerprint density at radius 3 is 0.915 bits per heavy atom. The maximum Gasteiger partial charge on any atom is 0.0239 e. The minimum atomic E-state index is 0. The average molecular weight is 677 g/mol. The Hall–Kier alpha value is -0.530. The molecule has 47 heavy (non-hydrogen) atoms. The summed E-state index contributed by atoms with van der Waals surface area (Å²) >= 11 is 0. The second-order valence-corrected chi connectivity index (χ2v) is 15.3. The Bertz CT molecular complexity index is 665. The fourth-order valence-electron chi connectivity index (χ4n) is 7.49. The molecule has 2 unspecified atom stereocenters. The molecule has 0 amide bonds. The molecule has 0 aromatic heterocycles. The molecule has 0 bridgehead atoms. The van der Waals surface area contributed by atoms with E-state index in [0.717, 1.165) is 6.54 Å². The molecule has 1 rings (SSSR count). The zero-order valence-corrected chi connectivity index (χ0v) is 33.5. The van der Waals surface area contributed by atoms with Gasteiger partial charge in [0.2, 0.25) is 0 Å². The van der Waals surface area contributed by atoms with Crippen molar-refractivity contribution in [2.45, 2.75) is 252 Å². The van der Waals surface area contributed by atoms with Crippen LogP contribution in [0.25, 0.3) is 0 Å². The van der Waals surface area contributed by atoms with Gasteiger partial charge in [-0.15, -0.1) is 12.4 Å². The van der Waals surface area contributed by atoms with Crippen LogP contribution < -0.4 is 0 Å². The first kappa shape index (κ1) is 46.5. The molecule has 2 atom stereocenters. The van der Waals surface area contributed by atoms with Gasteiger partial charge in [-0.3, -0.25) is 4.90 Å². The molecular formula is C45H86ClN. The number of halogens is 1. The van der Waals surface area contributed by atoms with Gasteiger partial charge < -0.3 is 0 Å². The predicted molar refractivity (Wildman–Crippen MR) is 217 cm³/mol. The van der Waals surface area contributed by atoms with Gasteiger partial charge in [0.05, 0.1) is 0 Å². The van der Waals surface area contributed by atoms with Crippen LogP contribution in [-0.4, -0.2) is 17.0 Å². The first-order valence-electron chi connectivity index (χ1n) is 21.5. The lowest BCUT2D eigenvalue weighted by atomic mass is 10.00. The van der Waals surface area contributed by atoms with Crippen LogP contribution in [0.1, 0.15) is 239 Å². The standard InChI is InChI=1S/C45H85N.ClH/c1-5-7-9-11-13-15-17-19-21-23-25-27-29-31-34-38-43(3)46(42-45-40-36-33-37-41-45)44(4)39-35-32-30-28-26-24-22-20-18-16-14-12-10-8-6-2;/h33,36-37,40-41,43-44H,5-32,34-35,38-39,42H2,1-4H3;1H. The third-order valence-electron chi connectivity index (χ3n) is 10.8. The molecule has 0 spiro atoms. The van der Waals surface area contributed by atoms with Gasteiger partial charge in [0.1, 0.15) is 0 Å². The summed E-state index contributed by atoms with van der Waals surface area (Å²) in [5, 5.41) is 0. The number of unbranched alkanes of at least 4 members (excludes halogenated alkanes) is 28. The fraction of sp³-hybridized carbons (Fsp3) is 0.867. The first-order valence-corrected chi connectivity index (χ1v) is 21.5. The Kier molecular flexibility index (Phi) is 36.3. The summed E-state index contributed by atoms with van der Waals surface area (Å²) in [6, 6.07) is 12.6. The lowest BCUT2D eigenvalue weighted by Gasteiger charge is -2.35. The van der Waals surface area contributed by atoms with Crippen molar-refractivity contribution in [1.29, 1.82) is 0 Å². The second-order valence-electron chi connectivity index (χ2n) is 15.3. The molecule has 0 aliphatic carbocycles. The third-order valence-corrected chi connectivity index (χ3v) is 10.8. The van der Waals surface area contributed by atoms with Gasteiger partial charge >= 0.3 is 0 Å². The van der Waals surface area contributed by atoms with E-state index >= 15 is 0 Å². The van der Waals surface area contributed by atoms with Crippen LogP contribution in [0.2, 0.25) is 0 Å². The van der Waals surface area contributed by atoms with E-state index in [2.05, 4.69) is 62.9 Å². The van der Waals surface area contributed by atoms with E-state index in [1.165, 1.54) is 211 Å². The molecule has 0 saturated heterocycles. The van der Waals surface area contributed by atoms with E-state index in [0.29, 0.717) is 12.1 Å². The van der Waals surface area contributed by atoms with Crippen LogP contribution in [0.4, 0.5) is 0 Å². The lowest BCUT2D eigenvalue weighted by Crippen LogP contribution is -2.39. The molecule has 0 heterocycles. The average Bonchev–Trinajstić information content (AvgIpc) is 3.07. The maximum atomic E-state index is 2.84. The summed E-state index contributed by atoms with van der Waals surface area (Å²) in [6.45, 7) is 10.8. The number of hydrogen-bond acceptors (Lipinski definition) is 1. The molecule has 0 aliphatic heterocycles. The van der Waals surface area contributed by atoms with E-state index in [-0.39, 0.29) is 12.4 Å². The summed E-state index contributed by atoms with van der Waals surface area (Å²) in [6.07, 6.45) is 46.2. The van der Waals surface area contributed by atoms with E-state index in [4.69, 9.17) is 0 Å². The molecule has 0 N–H and O–H groups in total. The van der Waals surface area contributed by atoms with Crippen LogP contribution in [0.15, 0.2) is 30.3 Å². The predicted octanol–water partition coefficient (Wildman–Crippen LogP) is 16.2. The highest BCUT2D eigenvalue weighted by Crippen LogP contribution is 2.22. The van der Waals surface area contributed by atoms with Crippen LogP contribution in [0, 0.1) is 0 Å². The summed E-state index contributed by atoms with van der Waals surface area (Å²) in [5.74, 6) is 0. The van der Waals surface area contributed by atoms with Crippen molar-refractivity contribution in [2.75, 3.05) is 0 Å². The molecule has 1 aromatic rings. The Morgan fingerprint density at radius 2 is 0.638 bits per heavy atom. The minimum absolute atomic E-state index is 0. The van der Waals surface area contributed by atoms with Crippen molar-refractivity contribution in [3.63, 3.8) is 0 Å². The summed E-state index contributed by atoms with van der Waals surface area (Å²) in [4.78, 5) is 2.84. The quantitative estimate of drug-likeness (QED) is 0.0640. The molecule has 0 radical (unpaired) electrons. The Morgan fingerprint density at radius 1 is 0.383 bits per heavy atom. The summed E-state index contributed by atoms with van der Waals surface area (Å²) < 4.78 is 0. The van der Waals surface area contributed by atoms with Crippen molar-refractivity contribution in [3.8, 4) is 0 Å². The highest BCUT2D eigenvalue weighted by atomic mass is 35.5. The largest absolute Gasteiger partial charge is 0.294 e. The van der Waals surface area contributed by atoms with Crippen molar-refractivity contribution < 1.29 is 0 Å². The minimum Gasteiger partial charge on any atom is -0.294 e. The topological polar surface area (TPSA) is 3.24 Å². The SMILES string of the molecule is CCCCCCCCCCCCCCCCCC(C)N(Cc1ccccc1)C(C)CCCCCCCCCCCCCCCCC.Cl. The van der Waals surface area contributed by atoms with E-state index in [1.807, 2.05) is 0 Å². The van der Waals surface area contributed by atoms with Crippen molar-refractivity contribution >= 4 is 12.4 Å². The third kappa shape index (κ3) is 30.1.